The Hall–Kier alpha value is -3.09. The van der Waals surface area contributed by atoms with Gasteiger partial charge in [-0.25, -0.2) is 4.68 Å². The van der Waals surface area contributed by atoms with E-state index in [9.17, 15) is 10.2 Å². The minimum Gasteiger partial charge on any atom is -0.507 e. The van der Waals surface area contributed by atoms with Crippen molar-refractivity contribution in [2.75, 3.05) is 7.11 Å². The molecule has 0 radical (unpaired) electrons. The lowest BCUT2D eigenvalue weighted by atomic mass is 9.94. The molecule has 3 rings (SSSR count). The standard InChI is InChI=1S/C21H26N4O3/c1-12(2)11-25-21(22-23-24-25)17-9-15(18(26)10-19(17)27)16-8-14(13(3)4)6-7-20(16)28-5/h6-10,12-13,26-27H,11H2,1-5H3. The molecule has 148 valence electrons. The van der Waals surface area contributed by atoms with E-state index in [1.165, 1.54) is 6.07 Å². The Morgan fingerprint density at radius 2 is 1.68 bits per heavy atom. The molecule has 0 aliphatic heterocycles. The van der Waals surface area contributed by atoms with Gasteiger partial charge in [-0.05, 0) is 46.0 Å². The minimum atomic E-state index is -0.0833. The Bertz CT molecular complexity index is 980. The van der Waals surface area contributed by atoms with Crippen molar-refractivity contribution in [2.45, 2.75) is 40.2 Å². The van der Waals surface area contributed by atoms with Crippen LogP contribution in [0.1, 0.15) is 39.2 Å². The maximum atomic E-state index is 10.6. The van der Waals surface area contributed by atoms with E-state index in [-0.39, 0.29) is 11.5 Å². The first kappa shape index (κ1) is 19.7. The van der Waals surface area contributed by atoms with Gasteiger partial charge < -0.3 is 14.9 Å². The van der Waals surface area contributed by atoms with Crippen LogP contribution in [0.15, 0.2) is 30.3 Å². The first-order valence-corrected chi connectivity index (χ1v) is 9.32. The second-order valence-electron chi connectivity index (χ2n) is 7.58. The third-order valence-electron chi connectivity index (χ3n) is 4.61. The molecule has 0 aliphatic rings. The highest BCUT2D eigenvalue weighted by molar-refractivity contribution is 5.82. The smallest absolute Gasteiger partial charge is 0.185 e. The average Bonchev–Trinajstić information content (AvgIpc) is 3.08. The Morgan fingerprint density at radius 1 is 0.964 bits per heavy atom. The molecule has 28 heavy (non-hydrogen) atoms. The molecule has 0 spiro atoms. The van der Waals surface area contributed by atoms with E-state index in [4.69, 9.17) is 4.74 Å². The van der Waals surface area contributed by atoms with Crippen molar-refractivity contribution in [2.24, 2.45) is 5.92 Å². The lowest BCUT2D eigenvalue weighted by molar-refractivity contribution is 0.415. The van der Waals surface area contributed by atoms with Crippen LogP contribution in [-0.4, -0.2) is 37.5 Å². The zero-order valence-corrected chi connectivity index (χ0v) is 16.8. The van der Waals surface area contributed by atoms with E-state index < -0.39 is 0 Å². The number of tetrazole rings is 1. The monoisotopic (exact) mass is 382 g/mol. The van der Waals surface area contributed by atoms with Crippen molar-refractivity contribution in [3.8, 4) is 39.8 Å². The molecule has 1 aromatic heterocycles. The van der Waals surface area contributed by atoms with E-state index in [1.54, 1.807) is 17.9 Å². The summed E-state index contributed by atoms with van der Waals surface area (Å²) in [5.74, 6) is 1.62. The van der Waals surface area contributed by atoms with Crippen LogP contribution in [0.25, 0.3) is 22.5 Å². The van der Waals surface area contributed by atoms with Crippen LogP contribution in [0, 0.1) is 5.92 Å². The van der Waals surface area contributed by atoms with Crippen molar-refractivity contribution in [1.82, 2.24) is 20.2 Å². The van der Waals surface area contributed by atoms with Crippen molar-refractivity contribution in [1.29, 1.82) is 0 Å². The Morgan fingerprint density at radius 3 is 2.32 bits per heavy atom. The van der Waals surface area contributed by atoms with Gasteiger partial charge in [0, 0.05) is 23.7 Å². The maximum absolute atomic E-state index is 10.6. The fourth-order valence-corrected chi connectivity index (χ4v) is 3.13. The molecule has 0 saturated carbocycles. The van der Waals surface area contributed by atoms with E-state index >= 15 is 0 Å². The molecule has 0 unspecified atom stereocenters. The maximum Gasteiger partial charge on any atom is 0.185 e. The molecule has 7 nitrogen and oxygen atoms in total. The first-order valence-electron chi connectivity index (χ1n) is 9.32. The molecule has 0 saturated heterocycles. The predicted molar refractivity (Wildman–Crippen MR) is 107 cm³/mol. The summed E-state index contributed by atoms with van der Waals surface area (Å²) < 4.78 is 7.16. The number of phenols is 2. The summed E-state index contributed by atoms with van der Waals surface area (Å²) in [6.45, 7) is 8.96. The average molecular weight is 382 g/mol. The predicted octanol–water partition coefficient (Wildman–Crippen LogP) is 4.21. The Labute approximate surface area is 164 Å². The number of hydrogen-bond acceptors (Lipinski definition) is 6. The van der Waals surface area contributed by atoms with Crippen LogP contribution in [-0.2, 0) is 6.54 Å². The summed E-state index contributed by atoms with van der Waals surface area (Å²) in [7, 11) is 1.59. The number of aromatic nitrogens is 4. The van der Waals surface area contributed by atoms with Gasteiger partial charge in [0.2, 0.25) is 0 Å². The molecule has 0 amide bonds. The van der Waals surface area contributed by atoms with Crippen molar-refractivity contribution in [3.63, 3.8) is 0 Å². The Kier molecular flexibility index (Phi) is 5.53. The van der Waals surface area contributed by atoms with Gasteiger partial charge in [-0.3, -0.25) is 0 Å². The normalized spacial score (nSPS) is 11.4. The molecule has 3 aromatic rings. The number of rotatable bonds is 6. The van der Waals surface area contributed by atoms with E-state index in [1.807, 2.05) is 18.2 Å². The van der Waals surface area contributed by atoms with Crippen molar-refractivity contribution in [3.05, 3.63) is 35.9 Å². The van der Waals surface area contributed by atoms with Crippen LogP contribution < -0.4 is 4.74 Å². The number of ether oxygens (including phenoxy) is 1. The van der Waals surface area contributed by atoms with Crippen LogP contribution in [0.4, 0.5) is 0 Å². The molecular weight excluding hydrogens is 356 g/mol. The van der Waals surface area contributed by atoms with Gasteiger partial charge in [0.25, 0.3) is 0 Å². The van der Waals surface area contributed by atoms with Gasteiger partial charge in [-0.15, -0.1) is 5.10 Å². The molecule has 0 aliphatic carbocycles. The van der Waals surface area contributed by atoms with Crippen LogP contribution in [0.5, 0.6) is 17.2 Å². The largest absolute Gasteiger partial charge is 0.507 e. The first-order chi connectivity index (χ1) is 13.3. The number of benzene rings is 2. The topological polar surface area (TPSA) is 93.3 Å². The summed E-state index contributed by atoms with van der Waals surface area (Å²) in [5, 5.41) is 32.9. The van der Waals surface area contributed by atoms with Crippen LogP contribution in [0.2, 0.25) is 0 Å². The highest BCUT2D eigenvalue weighted by Gasteiger charge is 2.20. The van der Waals surface area contributed by atoms with Gasteiger partial charge in [-0.1, -0.05) is 33.8 Å². The zero-order valence-electron chi connectivity index (χ0n) is 16.8. The summed E-state index contributed by atoms with van der Waals surface area (Å²) >= 11 is 0. The summed E-state index contributed by atoms with van der Waals surface area (Å²) in [5.41, 5.74) is 2.87. The molecule has 0 atom stereocenters. The summed E-state index contributed by atoms with van der Waals surface area (Å²) in [6, 6.07) is 8.92. The van der Waals surface area contributed by atoms with Crippen molar-refractivity contribution >= 4 is 0 Å². The third-order valence-corrected chi connectivity index (χ3v) is 4.61. The fourth-order valence-electron chi connectivity index (χ4n) is 3.13. The van der Waals surface area contributed by atoms with Crippen molar-refractivity contribution < 1.29 is 14.9 Å². The summed E-state index contributed by atoms with van der Waals surface area (Å²) in [4.78, 5) is 0. The SMILES string of the molecule is COc1ccc(C(C)C)cc1-c1cc(-c2nnnn2CC(C)C)c(O)cc1O. The Balaban J connectivity index is 2.19. The van der Waals surface area contributed by atoms with Crippen LogP contribution in [0.3, 0.4) is 0 Å². The molecule has 2 N–H and O–H groups in total. The molecular formula is C21H26N4O3. The van der Waals surface area contributed by atoms with E-state index in [0.717, 1.165) is 11.1 Å². The van der Waals surface area contributed by atoms with E-state index in [0.29, 0.717) is 41.1 Å². The molecule has 0 bridgehead atoms. The van der Waals surface area contributed by atoms with E-state index in [2.05, 4.69) is 43.2 Å². The molecule has 2 aromatic carbocycles. The molecule has 0 fully saturated rings. The quantitative estimate of drug-likeness (QED) is 0.663. The summed E-state index contributed by atoms with van der Waals surface area (Å²) in [6.07, 6.45) is 0. The number of hydrogen-bond donors (Lipinski definition) is 2. The lowest BCUT2D eigenvalue weighted by Gasteiger charge is -2.16. The third kappa shape index (κ3) is 3.78. The fraction of sp³-hybridized carbons (Fsp3) is 0.381. The second-order valence-corrected chi connectivity index (χ2v) is 7.58. The van der Waals surface area contributed by atoms with Gasteiger partial charge in [-0.2, -0.15) is 0 Å². The van der Waals surface area contributed by atoms with Gasteiger partial charge in [0.15, 0.2) is 5.82 Å². The zero-order chi connectivity index (χ0) is 20.4. The number of methoxy groups -OCH3 is 1. The highest BCUT2D eigenvalue weighted by Crippen LogP contribution is 2.43. The molecule has 7 heteroatoms. The lowest BCUT2D eigenvalue weighted by Crippen LogP contribution is -2.08. The minimum absolute atomic E-state index is 0.0386. The molecule has 1 heterocycles. The van der Waals surface area contributed by atoms with Gasteiger partial charge in [0.05, 0.1) is 12.7 Å². The number of aromatic hydroxyl groups is 2. The van der Waals surface area contributed by atoms with Crippen LogP contribution >= 0.6 is 0 Å². The second kappa shape index (κ2) is 7.88. The van der Waals surface area contributed by atoms with Gasteiger partial charge in [0.1, 0.15) is 17.2 Å². The number of phenolic OH excluding ortho intramolecular Hbond substituents is 2. The number of nitrogens with zero attached hydrogens (tertiary/aromatic N) is 4. The highest BCUT2D eigenvalue weighted by atomic mass is 16.5. The van der Waals surface area contributed by atoms with Gasteiger partial charge >= 0.3 is 0 Å².